The second kappa shape index (κ2) is 6.54. The van der Waals surface area contributed by atoms with Crippen molar-refractivity contribution in [1.29, 1.82) is 0 Å². The van der Waals surface area contributed by atoms with E-state index in [1.54, 1.807) is 4.90 Å². The minimum Gasteiger partial charge on any atom is -0.480 e. The molecule has 1 saturated carbocycles. The van der Waals surface area contributed by atoms with Gasteiger partial charge in [0.15, 0.2) is 0 Å². The summed E-state index contributed by atoms with van der Waals surface area (Å²) in [6, 6.07) is -0.586. The maximum atomic E-state index is 11.9. The highest BCUT2D eigenvalue weighted by Crippen LogP contribution is 2.32. The van der Waals surface area contributed by atoms with Gasteiger partial charge in [0, 0.05) is 13.1 Å². The minimum atomic E-state index is -0.867. The molecule has 0 aromatic rings. The summed E-state index contributed by atoms with van der Waals surface area (Å²) in [5.74, 6) is -0.757. The molecule has 0 aromatic heterocycles. The monoisotopic (exact) mass is 254 g/mol. The van der Waals surface area contributed by atoms with Gasteiger partial charge in [0.05, 0.1) is 6.54 Å². The van der Waals surface area contributed by atoms with E-state index < -0.39 is 12.0 Å². The second-order valence-electron chi connectivity index (χ2n) is 4.90. The second-order valence-corrected chi connectivity index (χ2v) is 4.90. The summed E-state index contributed by atoms with van der Waals surface area (Å²) in [5.41, 5.74) is 0.919. The van der Waals surface area contributed by atoms with Crippen molar-refractivity contribution >= 4 is 11.9 Å². The van der Waals surface area contributed by atoms with E-state index in [1.165, 1.54) is 0 Å². The van der Waals surface area contributed by atoms with Crippen molar-refractivity contribution < 1.29 is 14.7 Å². The number of carbonyl (C=O) groups is 2. The van der Waals surface area contributed by atoms with Crippen LogP contribution in [0.25, 0.3) is 0 Å². The van der Waals surface area contributed by atoms with Gasteiger partial charge in [0.1, 0.15) is 6.04 Å². The van der Waals surface area contributed by atoms with Crippen LogP contribution in [0.4, 0.5) is 0 Å². The van der Waals surface area contributed by atoms with Gasteiger partial charge >= 0.3 is 5.97 Å². The molecule has 5 heteroatoms. The minimum absolute atomic E-state index is 0.0765. The van der Waals surface area contributed by atoms with Crippen LogP contribution >= 0.6 is 0 Å². The van der Waals surface area contributed by atoms with Crippen molar-refractivity contribution in [3.8, 4) is 0 Å². The molecule has 0 spiro atoms. The molecule has 18 heavy (non-hydrogen) atoms. The topological polar surface area (TPSA) is 69.6 Å². The molecule has 0 bridgehead atoms. The summed E-state index contributed by atoms with van der Waals surface area (Å²) in [6.07, 6.45) is 1.86. The first kappa shape index (κ1) is 14.7. The number of carboxylic acid groups (broad SMARTS) is 1. The van der Waals surface area contributed by atoms with Crippen molar-refractivity contribution in [3.05, 3.63) is 12.2 Å². The summed E-state index contributed by atoms with van der Waals surface area (Å²) >= 11 is 0. The van der Waals surface area contributed by atoms with E-state index in [2.05, 4.69) is 11.9 Å². The Morgan fingerprint density at radius 2 is 2.11 bits per heavy atom. The van der Waals surface area contributed by atoms with Gasteiger partial charge in [-0.15, -0.1) is 0 Å². The number of aliphatic carboxylic acids is 1. The summed E-state index contributed by atoms with van der Waals surface area (Å²) in [4.78, 5) is 24.6. The van der Waals surface area contributed by atoms with Crippen LogP contribution in [0, 0.1) is 5.92 Å². The molecule has 1 aliphatic rings. The van der Waals surface area contributed by atoms with Gasteiger partial charge in [0.25, 0.3) is 0 Å². The summed E-state index contributed by atoms with van der Waals surface area (Å²) in [5, 5.41) is 11.9. The SMILES string of the molecule is C=C(C)CN(CC)C(=O)CNC(C(=O)O)C1CC1. The van der Waals surface area contributed by atoms with Crippen LogP contribution in [-0.4, -0.2) is 47.6 Å². The first-order valence-corrected chi connectivity index (χ1v) is 6.34. The number of hydrogen-bond donors (Lipinski definition) is 2. The number of nitrogens with zero attached hydrogens (tertiary/aromatic N) is 1. The van der Waals surface area contributed by atoms with Gasteiger partial charge in [-0.1, -0.05) is 12.2 Å². The van der Waals surface area contributed by atoms with Crippen LogP contribution in [-0.2, 0) is 9.59 Å². The molecule has 102 valence electrons. The number of amides is 1. The van der Waals surface area contributed by atoms with Crippen LogP contribution in [0.3, 0.4) is 0 Å². The van der Waals surface area contributed by atoms with Gasteiger partial charge in [-0.05, 0) is 32.6 Å². The molecule has 1 aliphatic carbocycles. The van der Waals surface area contributed by atoms with Crippen molar-refractivity contribution in [3.63, 3.8) is 0 Å². The number of carbonyl (C=O) groups excluding carboxylic acids is 1. The average Bonchev–Trinajstić information content (AvgIpc) is 3.09. The molecule has 1 atom stereocenters. The Kier molecular flexibility index (Phi) is 5.34. The maximum Gasteiger partial charge on any atom is 0.320 e. The fraction of sp³-hybridized carbons (Fsp3) is 0.692. The van der Waals surface area contributed by atoms with Crippen molar-refractivity contribution in [2.24, 2.45) is 5.92 Å². The fourth-order valence-corrected chi connectivity index (χ4v) is 1.90. The smallest absolute Gasteiger partial charge is 0.320 e. The van der Waals surface area contributed by atoms with E-state index >= 15 is 0 Å². The lowest BCUT2D eigenvalue weighted by Gasteiger charge is -2.22. The summed E-state index contributed by atoms with van der Waals surface area (Å²) in [6.45, 7) is 8.76. The summed E-state index contributed by atoms with van der Waals surface area (Å²) < 4.78 is 0. The third-order valence-electron chi connectivity index (χ3n) is 3.03. The number of carboxylic acids is 1. The van der Waals surface area contributed by atoms with Crippen LogP contribution in [0.15, 0.2) is 12.2 Å². The van der Waals surface area contributed by atoms with E-state index in [1.807, 2.05) is 13.8 Å². The summed E-state index contributed by atoms with van der Waals surface area (Å²) in [7, 11) is 0. The first-order chi connectivity index (χ1) is 8.45. The van der Waals surface area contributed by atoms with E-state index in [4.69, 9.17) is 5.11 Å². The van der Waals surface area contributed by atoms with Gasteiger partial charge < -0.3 is 10.0 Å². The van der Waals surface area contributed by atoms with Crippen molar-refractivity contribution in [2.45, 2.75) is 32.7 Å². The standard InChI is InChI=1S/C13H22N2O3/c1-4-15(8-9(2)3)11(16)7-14-12(13(17)18)10-5-6-10/h10,12,14H,2,4-8H2,1,3H3,(H,17,18). The van der Waals surface area contributed by atoms with E-state index in [0.29, 0.717) is 13.1 Å². The third-order valence-corrected chi connectivity index (χ3v) is 3.03. The zero-order valence-electron chi connectivity index (χ0n) is 11.1. The molecule has 1 amide bonds. The first-order valence-electron chi connectivity index (χ1n) is 6.34. The maximum absolute atomic E-state index is 11.9. The van der Waals surface area contributed by atoms with Crippen LogP contribution in [0.1, 0.15) is 26.7 Å². The largest absolute Gasteiger partial charge is 0.480 e. The molecule has 2 N–H and O–H groups in total. The quantitative estimate of drug-likeness (QED) is 0.630. The Bertz CT molecular complexity index is 337. The Balaban J connectivity index is 2.42. The van der Waals surface area contributed by atoms with Gasteiger partial charge in [-0.2, -0.15) is 0 Å². The predicted octanol–water partition coefficient (Wildman–Crippen LogP) is 0.864. The zero-order chi connectivity index (χ0) is 13.7. The van der Waals surface area contributed by atoms with Gasteiger partial charge in [0.2, 0.25) is 5.91 Å². The molecule has 1 fully saturated rings. The number of nitrogens with one attached hydrogen (secondary N) is 1. The highest BCUT2D eigenvalue weighted by molar-refractivity contribution is 5.80. The molecule has 5 nitrogen and oxygen atoms in total. The third kappa shape index (κ3) is 4.49. The fourth-order valence-electron chi connectivity index (χ4n) is 1.90. The van der Waals surface area contributed by atoms with E-state index in [-0.39, 0.29) is 18.4 Å². The lowest BCUT2D eigenvalue weighted by Crippen LogP contribution is -2.46. The number of likely N-dealkylation sites (N-methyl/N-ethyl adjacent to an activating group) is 1. The Morgan fingerprint density at radius 1 is 1.50 bits per heavy atom. The molecular formula is C13H22N2O3. The van der Waals surface area contributed by atoms with E-state index in [0.717, 1.165) is 18.4 Å². The Hall–Kier alpha value is -1.36. The van der Waals surface area contributed by atoms with Crippen LogP contribution in [0.2, 0.25) is 0 Å². The molecule has 1 rings (SSSR count). The normalized spacial score (nSPS) is 16.1. The van der Waals surface area contributed by atoms with Gasteiger partial charge in [-0.25, -0.2) is 0 Å². The van der Waals surface area contributed by atoms with Crippen LogP contribution < -0.4 is 5.32 Å². The highest BCUT2D eigenvalue weighted by Gasteiger charge is 2.36. The van der Waals surface area contributed by atoms with Crippen molar-refractivity contribution in [2.75, 3.05) is 19.6 Å². The zero-order valence-corrected chi connectivity index (χ0v) is 11.1. The van der Waals surface area contributed by atoms with E-state index in [9.17, 15) is 9.59 Å². The Labute approximate surface area is 108 Å². The molecule has 0 aromatic carbocycles. The molecule has 0 heterocycles. The molecule has 0 aliphatic heterocycles. The molecule has 0 saturated heterocycles. The average molecular weight is 254 g/mol. The molecule has 0 radical (unpaired) electrons. The number of rotatable bonds is 8. The lowest BCUT2D eigenvalue weighted by atomic mass is 10.2. The molecular weight excluding hydrogens is 232 g/mol. The number of hydrogen-bond acceptors (Lipinski definition) is 3. The lowest BCUT2D eigenvalue weighted by molar-refractivity contribution is -0.140. The molecule has 1 unspecified atom stereocenters. The predicted molar refractivity (Wildman–Crippen MR) is 69.2 cm³/mol. The highest BCUT2D eigenvalue weighted by atomic mass is 16.4. The Morgan fingerprint density at radius 3 is 2.50 bits per heavy atom. The van der Waals surface area contributed by atoms with Crippen molar-refractivity contribution in [1.82, 2.24) is 10.2 Å². The van der Waals surface area contributed by atoms with Crippen LogP contribution in [0.5, 0.6) is 0 Å². The van der Waals surface area contributed by atoms with Gasteiger partial charge in [-0.3, -0.25) is 14.9 Å².